The van der Waals surface area contributed by atoms with Gasteiger partial charge in [-0.1, -0.05) is 19.3 Å². The van der Waals surface area contributed by atoms with Gasteiger partial charge in [0.15, 0.2) is 16.6 Å². The van der Waals surface area contributed by atoms with E-state index in [0.717, 1.165) is 35.7 Å². The minimum atomic E-state index is -0.0464. The summed E-state index contributed by atoms with van der Waals surface area (Å²) in [7, 11) is 0. The summed E-state index contributed by atoms with van der Waals surface area (Å²) >= 11 is 8.98. The highest BCUT2D eigenvalue weighted by Crippen LogP contribution is 2.38. The average Bonchev–Trinajstić information content (AvgIpc) is 2.92. The maximum Gasteiger partial charge on any atom is 0.276 e. The topological polar surface area (TPSA) is 50.8 Å². The molecule has 2 aliphatic rings. The van der Waals surface area contributed by atoms with E-state index in [9.17, 15) is 4.79 Å². The Hall–Kier alpha value is -1.60. The second kappa shape index (κ2) is 9.06. The second-order valence-corrected chi connectivity index (χ2v) is 7.89. The van der Waals surface area contributed by atoms with Crippen molar-refractivity contribution in [2.24, 2.45) is 0 Å². The molecule has 0 bridgehead atoms. The molecule has 1 aromatic carbocycles. The van der Waals surface area contributed by atoms with Gasteiger partial charge in [0.2, 0.25) is 0 Å². The van der Waals surface area contributed by atoms with Gasteiger partial charge >= 0.3 is 0 Å². The second-order valence-electron chi connectivity index (χ2n) is 6.65. The fourth-order valence-corrected chi connectivity index (χ4v) is 4.52. The molecule has 1 aliphatic carbocycles. The highest BCUT2D eigenvalue weighted by atomic mass is 79.9. The van der Waals surface area contributed by atoms with Crippen LogP contribution in [0.25, 0.3) is 6.08 Å². The standard InChI is InChI=1S/C20H25BrN2O3S/c1-3-25-17-12-13(10-15(21)18(17)26-4-2)11-16-19(24)23(20(27)22-16)14-8-6-5-7-9-14/h10-12,14H,3-9H2,1-2H3,(H,22,27)/b16-11-. The van der Waals surface area contributed by atoms with Crippen LogP contribution >= 0.6 is 28.1 Å². The Bertz CT molecular complexity index is 760. The maximum atomic E-state index is 12.9. The fourth-order valence-electron chi connectivity index (χ4n) is 3.60. The third kappa shape index (κ3) is 4.46. The summed E-state index contributed by atoms with van der Waals surface area (Å²) in [6.07, 6.45) is 7.40. The third-order valence-electron chi connectivity index (χ3n) is 4.78. The van der Waals surface area contributed by atoms with Crippen molar-refractivity contribution in [1.82, 2.24) is 10.2 Å². The first-order valence-corrected chi connectivity index (χ1v) is 10.7. The molecule has 27 heavy (non-hydrogen) atoms. The van der Waals surface area contributed by atoms with E-state index in [1.165, 1.54) is 6.42 Å². The van der Waals surface area contributed by atoms with Crippen molar-refractivity contribution in [2.75, 3.05) is 13.2 Å². The van der Waals surface area contributed by atoms with Crippen LogP contribution < -0.4 is 14.8 Å². The van der Waals surface area contributed by atoms with E-state index in [1.54, 1.807) is 4.90 Å². The summed E-state index contributed by atoms with van der Waals surface area (Å²) in [5, 5.41) is 3.60. The van der Waals surface area contributed by atoms with Crippen molar-refractivity contribution in [1.29, 1.82) is 0 Å². The van der Waals surface area contributed by atoms with Crippen LogP contribution in [0.4, 0.5) is 0 Å². The predicted octanol–water partition coefficient (Wildman–Crippen LogP) is 4.64. The Balaban J connectivity index is 1.87. The quantitative estimate of drug-likeness (QED) is 0.503. The molecule has 0 unspecified atom stereocenters. The van der Waals surface area contributed by atoms with Crippen LogP contribution in [0.3, 0.4) is 0 Å². The number of carbonyl (C=O) groups excluding carboxylic acids is 1. The number of ether oxygens (including phenoxy) is 2. The lowest BCUT2D eigenvalue weighted by atomic mass is 9.94. The number of thiocarbonyl (C=S) groups is 1. The van der Waals surface area contributed by atoms with Crippen molar-refractivity contribution < 1.29 is 14.3 Å². The maximum absolute atomic E-state index is 12.9. The molecule has 1 amide bonds. The summed E-state index contributed by atoms with van der Waals surface area (Å²) in [5.74, 6) is 1.28. The number of nitrogens with one attached hydrogen (secondary N) is 1. The van der Waals surface area contributed by atoms with E-state index >= 15 is 0 Å². The molecule has 0 atom stereocenters. The van der Waals surface area contributed by atoms with Gasteiger partial charge in [-0.2, -0.15) is 0 Å². The average molecular weight is 453 g/mol. The number of hydrogen-bond donors (Lipinski definition) is 1. The van der Waals surface area contributed by atoms with Gasteiger partial charge < -0.3 is 14.8 Å². The SMILES string of the molecule is CCOc1cc(/C=C2\NC(=S)N(C3CCCCC3)C2=O)cc(Br)c1OCC. The van der Waals surface area contributed by atoms with Gasteiger partial charge in [-0.15, -0.1) is 0 Å². The van der Waals surface area contributed by atoms with Crippen LogP contribution in [0.1, 0.15) is 51.5 Å². The van der Waals surface area contributed by atoms with Gasteiger partial charge in [0.1, 0.15) is 5.70 Å². The molecule has 1 saturated carbocycles. The Labute approximate surface area is 174 Å². The Morgan fingerprint density at radius 3 is 2.59 bits per heavy atom. The van der Waals surface area contributed by atoms with Crippen LogP contribution in [0, 0.1) is 0 Å². The molecule has 1 aromatic rings. The molecule has 2 fully saturated rings. The molecule has 5 nitrogen and oxygen atoms in total. The molecule has 0 radical (unpaired) electrons. The van der Waals surface area contributed by atoms with Gasteiger partial charge in [0.25, 0.3) is 5.91 Å². The predicted molar refractivity (Wildman–Crippen MR) is 114 cm³/mol. The summed E-state index contributed by atoms with van der Waals surface area (Å²) in [6.45, 7) is 4.93. The minimum Gasteiger partial charge on any atom is -0.490 e. The first-order chi connectivity index (χ1) is 13.0. The fraction of sp³-hybridized carbons (Fsp3) is 0.500. The van der Waals surface area contributed by atoms with Gasteiger partial charge in [-0.3, -0.25) is 9.69 Å². The molecule has 146 valence electrons. The van der Waals surface area contributed by atoms with E-state index in [4.69, 9.17) is 21.7 Å². The van der Waals surface area contributed by atoms with Crippen molar-refractivity contribution >= 4 is 45.2 Å². The highest BCUT2D eigenvalue weighted by Gasteiger charge is 2.36. The van der Waals surface area contributed by atoms with Crippen molar-refractivity contribution in [3.05, 3.63) is 27.9 Å². The zero-order chi connectivity index (χ0) is 19.4. The van der Waals surface area contributed by atoms with E-state index in [0.29, 0.717) is 35.5 Å². The smallest absolute Gasteiger partial charge is 0.276 e. The molecule has 1 aliphatic heterocycles. The van der Waals surface area contributed by atoms with Crippen LogP contribution in [-0.4, -0.2) is 35.2 Å². The Morgan fingerprint density at radius 2 is 1.93 bits per heavy atom. The van der Waals surface area contributed by atoms with Gasteiger partial charge in [-0.05, 0) is 78.6 Å². The lowest BCUT2D eigenvalue weighted by Crippen LogP contribution is -2.41. The Kier molecular flexibility index (Phi) is 6.76. The summed E-state index contributed by atoms with van der Waals surface area (Å²) in [5.41, 5.74) is 1.35. The lowest BCUT2D eigenvalue weighted by Gasteiger charge is -2.29. The van der Waals surface area contributed by atoms with Crippen LogP contribution in [-0.2, 0) is 4.79 Å². The number of hydrogen-bond acceptors (Lipinski definition) is 4. The normalized spacial score (nSPS) is 19.5. The van der Waals surface area contributed by atoms with E-state index in [2.05, 4.69) is 21.2 Å². The van der Waals surface area contributed by atoms with E-state index < -0.39 is 0 Å². The number of rotatable bonds is 6. The van der Waals surface area contributed by atoms with Crippen LogP contribution in [0.2, 0.25) is 0 Å². The molecular weight excluding hydrogens is 428 g/mol. The molecule has 0 aromatic heterocycles. The summed E-state index contributed by atoms with van der Waals surface area (Å²) in [6, 6.07) is 4.01. The summed E-state index contributed by atoms with van der Waals surface area (Å²) in [4.78, 5) is 14.7. The zero-order valence-corrected chi connectivity index (χ0v) is 18.1. The molecule has 1 saturated heterocycles. The van der Waals surface area contributed by atoms with Crippen LogP contribution in [0.15, 0.2) is 22.3 Å². The van der Waals surface area contributed by atoms with Gasteiger partial charge in [-0.25, -0.2) is 0 Å². The molecule has 1 heterocycles. The monoisotopic (exact) mass is 452 g/mol. The van der Waals surface area contributed by atoms with Crippen molar-refractivity contribution in [3.63, 3.8) is 0 Å². The number of nitrogens with zero attached hydrogens (tertiary/aromatic N) is 1. The first-order valence-electron chi connectivity index (χ1n) is 9.50. The van der Waals surface area contributed by atoms with Crippen LogP contribution in [0.5, 0.6) is 11.5 Å². The molecule has 1 N–H and O–H groups in total. The van der Waals surface area contributed by atoms with Crippen molar-refractivity contribution in [2.45, 2.75) is 52.0 Å². The van der Waals surface area contributed by atoms with Crippen molar-refractivity contribution in [3.8, 4) is 11.5 Å². The lowest BCUT2D eigenvalue weighted by molar-refractivity contribution is -0.124. The highest BCUT2D eigenvalue weighted by molar-refractivity contribution is 9.10. The zero-order valence-electron chi connectivity index (χ0n) is 15.7. The Morgan fingerprint density at radius 1 is 1.22 bits per heavy atom. The molecule has 7 heteroatoms. The molecular formula is C20H25BrN2O3S. The molecule has 0 spiro atoms. The third-order valence-corrected chi connectivity index (χ3v) is 5.67. The number of benzene rings is 1. The van der Waals surface area contributed by atoms with Gasteiger partial charge in [0.05, 0.1) is 17.7 Å². The largest absolute Gasteiger partial charge is 0.490 e. The minimum absolute atomic E-state index is 0.0464. The van der Waals surface area contributed by atoms with E-state index in [-0.39, 0.29) is 11.9 Å². The first kappa shape index (κ1) is 20.1. The number of amides is 1. The number of carbonyl (C=O) groups is 1. The van der Waals surface area contributed by atoms with E-state index in [1.807, 2.05) is 32.1 Å². The van der Waals surface area contributed by atoms with Gasteiger partial charge in [0, 0.05) is 6.04 Å². The number of halogens is 1. The molecule has 3 rings (SSSR count). The summed E-state index contributed by atoms with van der Waals surface area (Å²) < 4.78 is 12.2.